The molecule has 0 amide bonds. The van der Waals surface area contributed by atoms with Gasteiger partial charge in [-0.1, -0.05) is 0 Å². The predicted octanol–water partition coefficient (Wildman–Crippen LogP) is 2.08. The van der Waals surface area contributed by atoms with Crippen molar-refractivity contribution in [3.8, 4) is 0 Å². The van der Waals surface area contributed by atoms with Crippen molar-refractivity contribution in [1.29, 1.82) is 0 Å². The van der Waals surface area contributed by atoms with Crippen molar-refractivity contribution >= 4 is 16.8 Å². The van der Waals surface area contributed by atoms with Gasteiger partial charge in [-0.25, -0.2) is 0 Å². The molecule has 0 atom stereocenters. The first-order chi connectivity index (χ1) is 4.59. The van der Waals surface area contributed by atoms with Crippen LogP contribution in [-0.2, 0) is 9.53 Å². The lowest BCUT2D eigenvalue weighted by Crippen LogP contribution is -1.96. The predicted molar refractivity (Wildman–Crippen MR) is 40.9 cm³/mol. The molecule has 0 aromatic heterocycles. The minimum absolute atomic E-state index is 0.453. The summed E-state index contributed by atoms with van der Waals surface area (Å²) in [5, 5.41) is -0.453. The summed E-state index contributed by atoms with van der Waals surface area (Å²) in [6, 6.07) is 0. The smallest absolute Gasteiger partial charge is 0.251 e. The number of rotatable bonds is 3. The number of hydrogen-bond donors (Lipinski definition) is 0. The van der Waals surface area contributed by atoms with E-state index >= 15 is 0 Å². The standard InChI is InChI=1S/C7H11ClO2/c1-4-10-6(3)5(2)7(8)9/h4H2,1-3H3/b6-5-. The Morgan fingerprint density at radius 2 is 2.00 bits per heavy atom. The van der Waals surface area contributed by atoms with E-state index in [4.69, 9.17) is 16.3 Å². The molecule has 0 aliphatic heterocycles. The number of halogens is 1. The first-order valence-corrected chi connectivity index (χ1v) is 3.47. The maximum Gasteiger partial charge on any atom is 0.251 e. The molecule has 0 N–H and O–H groups in total. The topological polar surface area (TPSA) is 26.3 Å². The Balaban J connectivity index is 4.19. The Kier molecular flexibility index (Phi) is 4.12. The van der Waals surface area contributed by atoms with Crippen LogP contribution in [0.15, 0.2) is 11.3 Å². The third-order valence-corrected chi connectivity index (χ3v) is 1.47. The lowest BCUT2D eigenvalue weighted by atomic mass is 10.3. The van der Waals surface area contributed by atoms with Crippen molar-refractivity contribution in [1.82, 2.24) is 0 Å². The van der Waals surface area contributed by atoms with Crippen LogP contribution >= 0.6 is 11.6 Å². The lowest BCUT2D eigenvalue weighted by molar-refractivity contribution is -0.108. The summed E-state index contributed by atoms with van der Waals surface area (Å²) in [4.78, 5) is 10.5. The summed E-state index contributed by atoms with van der Waals surface area (Å²) in [6.45, 7) is 5.78. The van der Waals surface area contributed by atoms with Crippen LogP contribution in [0.1, 0.15) is 20.8 Å². The van der Waals surface area contributed by atoms with E-state index in [2.05, 4.69) is 0 Å². The van der Waals surface area contributed by atoms with E-state index in [0.717, 1.165) is 0 Å². The second-order valence-electron chi connectivity index (χ2n) is 1.89. The zero-order chi connectivity index (χ0) is 8.15. The quantitative estimate of drug-likeness (QED) is 0.361. The molecule has 58 valence electrons. The first-order valence-electron chi connectivity index (χ1n) is 3.09. The van der Waals surface area contributed by atoms with Gasteiger partial charge >= 0.3 is 0 Å². The maximum atomic E-state index is 10.5. The Morgan fingerprint density at radius 3 is 2.30 bits per heavy atom. The molecule has 0 unspecified atom stereocenters. The molecule has 0 aliphatic carbocycles. The van der Waals surface area contributed by atoms with Gasteiger partial charge < -0.3 is 4.74 Å². The van der Waals surface area contributed by atoms with E-state index < -0.39 is 5.24 Å². The average Bonchev–Trinajstić information content (AvgIpc) is 1.87. The van der Waals surface area contributed by atoms with Crippen LogP contribution in [0.25, 0.3) is 0 Å². The third-order valence-electron chi connectivity index (χ3n) is 1.18. The van der Waals surface area contributed by atoms with E-state index in [1.165, 1.54) is 0 Å². The van der Waals surface area contributed by atoms with Crippen LogP contribution in [0.4, 0.5) is 0 Å². The molecule has 0 saturated heterocycles. The fourth-order valence-corrected chi connectivity index (χ4v) is 0.596. The molecular weight excluding hydrogens is 152 g/mol. The highest BCUT2D eigenvalue weighted by Gasteiger charge is 2.03. The molecule has 0 aromatic rings. The van der Waals surface area contributed by atoms with Gasteiger partial charge in [0.25, 0.3) is 5.24 Å². The molecule has 0 bridgehead atoms. The zero-order valence-corrected chi connectivity index (χ0v) is 7.16. The number of allylic oxidation sites excluding steroid dienone is 2. The Hall–Kier alpha value is -0.500. The molecule has 0 radical (unpaired) electrons. The van der Waals surface area contributed by atoms with Gasteiger partial charge in [-0.15, -0.1) is 0 Å². The molecular formula is C7H11ClO2. The van der Waals surface area contributed by atoms with Crippen LogP contribution in [0.2, 0.25) is 0 Å². The summed E-state index contributed by atoms with van der Waals surface area (Å²) < 4.78 is 5.04. The largest absolute Gasteiger partial charge is 0.498 e. The summed E-state index contributed by atoms with van der Waals surface area (Å²) in [5.41, 5.74) is 0.475. The molecule has 0 rings (SSSR count). The summed E-state index contributed by atoms with van der Waals surface area (Å²) >= 11 is 5.18. The van der Waals surface area contributed by atoms with Crippen molar-refractivity contribution in [2.75, 3.05) is 6.61 Å². The maximum absolute atomic E-state index is 10.5. The van der Waals surface area contributed by atoms with Crippen molar-refractivity contribution in [2.45, 2.75) is 20.8 Å². The van der Waals surface area contributed by atoms with Gasteiger partial charge in [0.2, 0.25) is 0 Å². The minimum Gasteiger partial charge on any atom is -0.498 e. The van der Waals surface area contributed by atoms with Crippen LogP contribution in [-0.4, -0.2) is 11.8 Å². The fourth-order valence-electron chi connectivity index (χ4n) is 0.463. The van der Waals surface area contributed by atoms with Crippen LogP contribution in [0.3, 0.4) is 0 Å². The van der Waals surface area contributed by atoms with Gasteiger partial charge in [0.15, 0.2) is 0 Å². The monoisotopic (exact) mass is 162 g/mol. The second kappa shape index (κ2) is 4.34. The molecule has 0 fully saturated rings. The van der Waals surface area contributed by atoms with Crippen LogP contribution in [0.5, 0.6) is 0 Å². The van der Waals surface area contributed by atoms with Crippen LogP contribution < -0.4 is 0 Å². The molecule has 3 heteroatoms. The van der Waals surface area contributed by atoms with E-state index in [9.17, 15) is 4.79 Å². The Morgan fingerprint density at radius 1 is 1.50 bits per heavy atom. The first kappa shape index (κ1) is 9.50. The van der Waals surface area contributed by atoms with E-state index in [1.807, 2.05) is 6.92 Å². The number of hydrogen-bond acceptors (Lipinski definition) is 2. The summed E-state index contributed by atoms with van der Waals surface area (Å²) in [5.74, 6) is 0.600. The van der Waals surface area contributed by atoms with E-state index in [0.29, 0.717) is 17.9 Å². The SMILES string of the molecule is CCO/C(C)=C(/C)C(=O)Cl. The van der Waals surface area contributed by atoms with Gasteiger partial charge in [0.05, 0.1) is 6.61 Å². The van der Waals surface area contributed by atoms with Crippen molar-refractivity contribution in [2.24, 2.45) is 0 Å². The third kappa shape index (κ3) is 2.87. The molecule has 0 spiro atoms. The number of carbonyl (C=O) groups excluding carboxylic acids is 1. The molecule has 0 heterocycles. The molecule has 10 heavy (non-hydrogen) atoms. The second-order valence-corrected chi connectivity index (χ2v) is 2.23. The average molecular weight is 163 g/mol. The van der Waals surface area contributed by atoms with E-state index in [-0.39, 0.29) is 0 Å². The highest BCUT2D eigenvalue weighted by atomic mass is 35.5. The molecule has 0 aromatic carbocycles. The van der Waals surface area contributed by atoms with Crippen molar-refractivity contribution < 1.29 is 9.53 Å². The normalized spacial score (nSPS) is 12.4. The van der Waals surface area contributed by atoms with Gasteiger partial charge in [0.1, 0.15) is 5.76 Å². The van der Waals surface area contributed by atoms with E-state index in [1.54, 1.807) is 13.8 Å². The molecule has 2 nitrogen and oxygen atoms in total. The molecule has 0 aliphatic rings. The van der Waals surface area contributed by atoms with Gasteiger partial charge in [-0.2, -0.15) is 0 Å². The number of ether oxygens (including phenoxy) is 1. The Labute approximate surface area is 65.8 Å². The van der Waals surface area contributed by atoms with Gasteiger partial charge in [-0.05, 0) is 32.4 Å². The highest BCUT2D eigenvalue weighted by Crippen LogP contribution is 2.07. The van der Waals surface area contributed by atoms with Gasteiger partial charge in [-0.3, -0.25) is 4.79 Å². The summed E-state index contributed by atoms with van der Waals surface area (Å²) in [7, 11) is 0. The fraction of sp³-hybridized carbons (Fsp3) is 0.571. The lowest BCUT2D eigenvalue weighted by Gasteiger charge is -2.03. The number of carbonyl (C=O) groups is 1. The Bertz CT molecular complexity index is 161. The minimum atomic E-state index is -0.453. The zero-order valence-electron chi connectivity index (χ0n) is 6.40. The van der Waals surface area contributed by atoms with Crippen molar-refractivity contribution in [3.05, 3.63) is 11.3 Å². The summed E-state index contributed by atoms with van der Waals surface area (Å²) in [6.07, 6.45) is 0. The highest BCUT2D eigenvalue weighted by molar-refractivity contribution is 6.67. The van der Waals surface area contributed by atoms with Gasteiger partial charge in [0, 0.05) is 5.57 Å². The van der Waals surface area contributed by atoms with Crippen LogP contribution in [0, 0.1) is 0 Å². The molecule has 0 saturated carbocycles. The van der Waals surface area contributed by atoms with Crippen molar-refractivity contribution in [3.63, 3.8) is 0 Å².